The lowest BCUT2D eigenvalue weighted by molar-refractivity contribution is 0.0884. The van der Waals surface area contributed by atoms with Crippen LogP contribution >= 0.6 is 0 Å². The van der Waals surface area contributed by atoms with E-state index in [1.165, 1.54) is 0 Å². The summed E-state index contributed by atoms with van der Waals surface area (Å²) >= 11 is 0. The second kappa shape index (κ2) is 7.41. The number of benzene rings is 1. The zero-order valence-electron chi connectivity index (χ0n) is 12.6. The third-order valence-corrected chi connectivity index (χ3v) is 3.44. The molecular formula is C16H26N2O2. The Morgan fingerprint density at radius 2 is 2.00 bits per heavy atom. The summed E-state index contributed by atoms with van der Waals surface area (Å²) in [5.74, 6) is -0.0950. The minimum absolute atomic E-state index is 0.0622. The number of nitrogens with one attached hydrogen (secondary N) is 1. The largest absolute Gasteiger partial charge is 0.396 e. The fourth-order valence-corrected chi connectivity index (χ4v) is 2.20. The smallest absolute Gasteiger partial charge is 0.251 e. The lowest BCUT2D eigenvalue weighted by Crippen LogP contribution is -2.44. The van der Waals surface area contributed by atoms with Crippen molar-refractivity contribution in [3.63, 3.8) is 0 Å². The van der Waals surface area contributed by atoms with Crippen LogP contribution in [0, 0.1) is 5.41 Å². The fourth-order valence-electron chi connectivity index (χ4n) is 2.20. The molecule has 0 saturated heterocycles. The van der Waals surface area contributed by atoms with E-state index in [4.69, 9.17) is 10.8 Å². The van der Waals surface area contributed by atoms with E-state index in [0.717, 1.165) is 5.56 Å². The maximum atomic E-state index is 12.4. The maximum Gasteiger partial charge on any atom is 0.251 e. The molecule has 0 aliphatic heterocycles. The van der Waals surface area contributed by atoms with Crippen molar-refractivity contribution in [2.75, 3.05) is 13.2 Å². The van der Waals surface area contributed by atoms with Gasteiger partial charge in [-0.1, -0.05) is 39.0 Å². The Labute approximate surface area is 121 Å². The van der Waals surface area contributed by atoms with Gasteiger partial charge in [-0.05, 0) is 36.4 Å². The predicted molar refractivity (Wildman–Crippen MR) is 81.6 cm³/mol. The van der Waals surface area contributed by atoms with Gasteiger partial charge in [-0.25, -0.2) is 0 Å². The molecule has 4 N–H and O–H groups in total. The van der Waals surface area contributed by atoms with Crippen LogP contribution in [0.1, 0.15) is 43.1 Å². The number of hydrogen-bond donors (Lipinski definition) is 3. The van der Waals surface area contributed by atoms with Crippen molar-refractivity contribution in [3.05, 3.63) is 35.4 Å². The average Bonchev–Trinajstić information content (AvgIpc) is 2.38. The molecule has 1 aromatic rings. The van der Waals surface area contributed by atoms with Crippen molar-refractivity contribution in [2.24, 2.45) is 11.1 Å². The van der Waals surface area contributed by atoms with Crippen LogP contribution in [0.5, 0.6) is 0 Å². The van der Waals surface area contributed by atoms with E-state index < -0.39 is 0 Å². The van der Waals surface area contributed by atoms with Gasteiger partial charge in [0.1, 0.15) is 0 Å². The van der Waals surface area contributed by atoms with E-state index in [9.17, 15) is 4.79 Å². The Kier molecular flexibility index (Phi) is 6.17. The number of rotatable bonds is 6. The van der Waals surface area contributed by atoms with E-state index >= 15 is 0 Å². The average molecular weight is 278 g/mol. The van der Waals surface area contributed by atoms with Gasteiger partial charge in [0.25, 0.3) is 5.91 Å². The quantitative estimate of drug-likeness (QED) is 0.741. The summed E-state index contributed by atoms with van der Waals surface area (Å²) in [6, 6.07) is 7.45. The standard InChI is InChI=1S/C16H26N2O2/c1-16(2,3)14(9-11-19)18-15(20)13-7-5-4-6-12(13)8-10-17/h4-7,14,19H,8-11,17H2,1-3H3,(H,18,20). The molecule has 0 aromatic heterocycles. The molecule has 1 unspecified atom stereocenters. The van der Waals surface area contributed by atoms with Crippen LogP contribution in [-0.4, -0.2) is 30.2 Å². The highest BCUT2D eigenvalue weighted by molar-refractivity contribution is 5.95. The summed E-state index contributed by atoms with van der Waals surface area (Å²) in [4.78, 5) is 12.4. The Balaban J connectivity index is 2.89. The topological polar surface area (TPSA) is 75.3 Å². The van der Waals surface area contributed by atoms with E-state index in [1.807, 2.05) is 24.3 Å². The Morgan fingerprint density at radius 3 is 2.55 bits per heavy atom. The molecule has 112 valence electrons. The second-order valence-electron chi connectivity index (χ2n) is 6.10. The summed E-state index contributed by atoms with van der Waals surface area (Å²) in [5, 5.41) is 12.2. The number of amides is 1. The number of carbonyl (C=O) groups is 1. The first kappa shape index (κ1) is 16.7. The third kappa shape index (κ3) is 4.62. The van der Waals surface area contributed by atoms with Gasteiger partial charge in [0.05, 0.1) is 0 Å². The van der Waals surface area contributed by atoms with Crippen LogP contribution in [0.15, 0.2) is 24.3 Å². The zero-order valence-corrected chi connectivity index (χ0v) is 12.6. The van der Waals surface area contributed by atoms with Gasteiger partial charge in [-0.15, -0.1) is 0 Å². The molecular weight excluding hydrogens is 252 g/mol. The van der Waals surface area contributed by atoms with E-state index in [-0.39, 0.29) is 24.0 Å². The SMILES string of the molecule is CC(C)(C)C(CCO)NC(=O)c1ccccc1CCN. The van der Waals surface area contributed by atoms with Crippen LogP contribution in [0.4, 0.5) is 0 Å². The number of carbonyl (C=O) groups excluding carboxylic acids is 1. The molecule has 0 bridgehead atoms. The molecule has 1 amide bonds. The highest BCUT2D eigenvalue weighted by Crippen LogP contribution is 2.22. The molecule has 1 aromatic carbocycles. The predicted octanol–water partition coefficient (Wildman–Crippen LogP) is 1.71. The molecule has 0 fully saturated rings. The zero-order chi connectivity index (χ0) is 15.2. The monoisotopic (exact) mass is 278 g/mol. The van der Waals surface area contributed by atoms with E-state index in [0.29, 0.717) is 24.9 Å². The van der Waals surface area contributed by atoms with Gasteiger partial charge in [0, 0.05) is 18.2 Å². The van der Waals surface area contributed by atoms with Gasteiger partial charge in [0.15, 0.2) is 0 Å². The van der Waals surface area contributed by atoms with Crippen LogP contribution < -0.4 is 11.1 Å². The van der Waals surface area contributed by atoms with Crippen LogP contribution in [0.25, 0.3) is 0 Å². The molecule has 4 heteroatoms. The summed E-state index contributed by atoms with van der Waals surface area (Å²) in [7, 11) is 0. The summed E-state index contributed by atoms with van der Waals surface area (Å²) < 4.78 is 0. The first-order chi connectivity index (χ1) is 9.40. The second-order valence-corrected chi connectivity index (χ2v) is 6.10. The van der Waals surface area contributed by atoms with Gasteiger partial charge in [0.2, 0.25) is 0 Å². The molecule has 0 aliphatic rings. The van der Waals surface area contributed by atoms with Crippen molar-refractivity contribution in [1.82, 2.24) is 5.32 Å². The molecule has 4 nitrogen and oxygen atoms in total. The molecule has 0 aliphatic carbocycles. The Bertz CT molecular complexity index is 438. The molecule has 20 heavy (non-hydrogen) atoms. The summed E-state index contributed by atoms with van der Waals surface area (Å²) in [6.45, 7) is 6.74. The van der Waals surface area contributed by atoms with Crippen molar-refractivity contribution in [1.29, 1.82) is 0 Å². The molecule has 0 spiro atoms. The van der Waals surface area contributed by atoms with Crippen molar-refractivity contribution in [2.45, 2.75) is 39.7 Å². The first-order valence-corrected chi connectivity index (χ1v) is 7.10. The lowest BCUT2D eigenvalue weighted by atomic mass is 9.84. The Morgan fingerprint density at radius 1 is 1.35 bits per heavy atom. The normalized spacial score (nSPS) is 13.1. The van der Waals surface area contributed by atoms with Gasteiger partial charge >= 0.3 is 0 Å². The lowest BCUT2D eigenvalue weighted by Gasteiger charge is -2.31. The number of aliphatic hydroxyl groups is 1. The molecule has 1 atom stereocenters. The maximum absolute atomic E-state index is 12.4. The summed E-state index contributed by atoms with van der Waals surface area (Å²) in [5.41, 5.74) is 7.12. The highest BCUT2D eigenvalue weighted by Gasteiger charge is 2.26. The minimum Gasteiger partial charge on any atom is -0.396 e. The highest BCUT2D eigenvalue weighted by atomic mass is 16.3. The van der Waals surface area contributed by atoms with Gasteiger partial charge < -0.3 is 16.2 Å². The van der Waals surface area contributed by atoms with Crippen molar-refractivity contribution < 1.29 is 9.90 Å². The van der Waals surface area contributed by atoms with Crippen LogP contribution in [0.3, 0.4) is 0 Å². The third-order valence-electron chi connectivity index (χ3n) is 3.44. The van der Waals surface area contributed by atoms with E-state index in [1.54, 1.807) is 0 Å². The first-order valence-electron chi connectivity index (χ1n) is 7.10. The number of aliphatic hydroxyl groups excluding tert-OH is 1. The molecule has 1 rings (SSSR count). The molecule has 0 heterocycles. The van der Waals surface area contributed by atoms with Crippen LogP contribution in [-0.2, 0) is 6.42 Å². The van der Waals surface area contributed by atoms with E-state index in [2.05, 4.69) is 26.1 Å². The molecule has 0 saturated carbocycles. The van der Waals surface area contributed by atoms with Gasteiger partial charge in [-0.3, -0.25) is 4.79 Å². The number of nitrogens with two attached hydrogens (primary N) is 1. The Hall–Kier alpha value is -1.39. The van der Waals surface area contributed by atoms with Crippen molar-refractivity contribution >= 4 is 5.91 Å². The summed E-state index contributed by atoms with van der Waals surface area (Å²) in [6.07, 6.45) is 1.23. The van der Waals surface area contributed by atoms with Gasteiger partial charge in [-0.2, -0.15) is 0 Å². The minimum atomic E-state index is -0.0960. The van der Waals surface area contributed by atoms with Crippen molar-refractivity contribution in [3.8, 4) is 0 Å². The fraction of sp³-hybridized carbons (Fsp3) is 0.562. The number of hydrogen-bond acceptors (Lipinski definition) is 3. The molecule has 0 radical (unpaired) electrons. The van der Waals surface area contributed by atoms with Crippen LogP contribution in [0.2, 0.25) is 0 Å².